The van der Waals surface area contributed by atoms with E-state index in [9.17, 15) is 4.79 Å². The monoisotopic (exact) mass is 150 g/mol. The van der Waals surface area contributed by atoms with Crippen LogP contribution in [0.15, 0.2) is 0 Å². The van der Waals surface area contributed by atoms with Crippen LogP contribution in [0.4, 0.5) is 0 Å². The molecule has 0 aromatic heterocycles. The fourth-order valence-corrected chi connectivity index (χ4v) is 1.97. The predicted octanol–water partition coefficient (Wildman–Crippen LogP) is -1.74. The standard InChI is InChI=1S/C3H10O3Si2/c4-3(5)1-2-8-6-7/h1-2,8H2,7H3,(H,4,5). The van der Waals surface area contributed by atoms with Gasteiger partial charge in [0.2, 0.25) is 0 Å². The van der Waals surface area contributed by atoms with E-state index in [0.29, 0.717) is 0 Å². The van der Waals surface area contributed by atoms with E-state index in [-0.39, 0.29) is 6.42 Å². The van der Waals surface area contributed by atoms with Gasteiger partial charge < -0.3 is 9.22 Å². The SMILES string of the molecule is O=C(O)CC[SiH2]O[SiH3]. The molecule has 0 unspecified atom stereocenters. The van der Waals surface area contributed by atoms with Crippen molar-refractivity contribution in [2.75, 3.05) is 0 Å². The minimum atomic E-state index is -0.712. The van der Waals surface area contributed by atoms with Crippen molar-refractivity contribution < 1.29 is 14.0 Å². The van der Waals surface area contributed by atoms with Crippen LogP contribution in [0, 0.1) is 0 Å². The molecule has 0 aliphatic rings. The molecule has 0 bridgehead atoms. The fraction of sp³-hybridized carbons (Fsp3) is 0.667. The van der Waals surface area contributed by atoms with Crippen LogP contribution in [-0.2, 0) is 8.91 Å². The lowest BCUT2D eigenvalue weighted by Crippen LogP contribution is -1.99. The molecule has 0 fully saturated rings. The second kappa shape index (κ2) is 5.01. The van der Waals surface area contributed by atoms with Crippen molar-refractivity contribution in [1.82, 2.24) is 0 Å². The van der Waals surface area contributed by atoms with Gasteiger partial charge in [0.1, 0.15) is 20.2 Å². The predicted molar refractivity (Wildman–Crippen MR) is 36.6 cm³/mol. The van der Waals surface area contributed by atoms with E-state index in [1.54, 1.807) is 0 Å². The van der Waals surface area contributed by atoms with Gasteiger partial charge in [0.05, 0.1) is 0 Å². The summed E-state index contributed by atoms with van der Waals surface area (Å²) in [5, 5.41) is 8.12. The van der Waals surface area contributed by atoms with Gasteiger partial charge in [-0.25, -0.2) is 0 Å². The number of rotatable bonds is 4. The number of carboxylic acids is 1. The van der Waals surface area contributed by atoms with Crippen LogP contribution in [0.3, 0.4) is 0 Å². The van der Waals surface area contributed by atoms with Crippen molar-refractivity contribution in [3.63, 3.8) is 0 Å². The Morgan fingerprint density at radius 2 is 2.50 bits per heavy atom. The summed E-state index contributed by atoms with van der Waals surface area (Å²) >= 11 is 0. The van der Waals surface area contributed by atoms with Crippen LogP contribution in [0.5, 0.6) is 0 Å². The third kappa shape index (κ3) is 5.86. The molecule has 0 atom stereocenters. The Morgan fingerprint density at radius 3 is 2.88 bits per heavy atom. The minimum absolute atomic E-state index is 0.286. The molecule has 0 rings (SSSR count). The molecular formula is C3H10O3Si2. The first-order valence-corrected chi connectivity index (χ1v) is 4.87. The maximum Gasteiger partial charge on any atom is 0.303 e. The zero-order chi connectivity index (χ0) is 6.41. The number of hydrogen-bond acceptors (Lipinski definition) is 2. The maximum absolute atomic E-state index is 9.85. The van der Waals surface area contributed by atoms with E-state index >= 15 is 0 Å². The highest BCUT2D eigenvalue weighted by Gasteiger charge is 1.93. The van der Waals surface area contributed by atoms with Gasteiger partial charge in [-0.3, -0.25) is 4.79 Å². The highest BCUT2D eigenvalue weighted by atomic mass is 28.3. The minimum Gasteiger partial charge on any atom is -0.481 e. The van der Waals surface area contributed by atoms with Gasteiger partial charge >= 0.3 is 5.97 Å². The van der Waals surface area contributed by atoms with Crippen molar-refractivity contribution >= 4 is 26.2 Å². The Labute approximate surface area is 53.5 Å². The molecule has 0 aliphatic heterocycles. The highest BCUT2D eigenvalue weighted by molar-refractivity contribution is 6.34. The molecular weight excluding hydrogens is 140 g/mol. The Morgan fingerprint density at radius 1 is 1.88 bits per heavy atom. The normalized spacial score (nSPS) is 11.0. The molecule has 0 radical (unpaired) electrons. The molecule has 0 heterocycles. The summed E-state index contributed by atoms with van der Waals surface area (Å²) in [5.74, 6) is -0.712. The molecule has 0 saturated heterocycles. The molecule has 0 aliphatic carbocycles. The van der Waals surface area contributed by atoms with Gasteiger partial charge in [-0.1, -0.05) is 0 Å². The Balaban J connectivity index is 2.82. The molecule has 48 valence electrons. The number of carboxylic acid groups (broad SMARTS) is 1. The first-order valence-electron chi connectivity index (χ1n) is 2.48. The maximum atomic E-state index is 9.85. The van der Waals surface area contributed by atoms with Crippen LogP contribution in [-0.4, -0.2) is 31.3 Å². The van der Waals surface area contributed by atoms with Crippen LogP contribution in [0.2, 0.25) is 6.04 Å². The van der Waals surface area contributed by atoms with Gasteiger partial charge in [0.15, 0.2) is 0 Å². The third-order valence-corrected chi connectivity index (χ3v) is 3.01. The van der Waals surface area contributed by atoms with E-state index < -0.39 is 15.7 Å². The average molecular weight is 150 g/mol. The molecule has 0 aromatic rings. The van der Waals surface area contributed by atoms with E-state index in [4.69, 9.17) is 9.22 Å². The fourth-order valence-electron chi connectivity index (χ4n) is 0.368. The van der Waals surface area contributed by atoms with Crippen molar-refractivity contribution in [2.45, 2.75) is 12.5 Å². The summed E-state index contributed by atoms with van der Waals surface area (Å²) in [6.45, 7) is 0. The lowest BCUT2D eigenvalue weighted by atomic mass is 10.5. The summed E-state index contributed by atoms with van der Waals surface area (Å²) in [5.41, 5.74) is 0. The second-order valence-corrected chi connectivity index (χ2v) is 4.91. The van der Waals surface area contributed by atoms with Crippen LogP contribution < -0.4 is 0 Å². The topological polar surface area (TPSA) is 46.5 Å². The summed E-state index contributed by atoms with van der Waals surface area (Å²) in [6.07, 6.45) is 0.286. The molecule has 1 N–H and O–H groups in total. The molecule has 0 saturated carbocycles. The van der Waals surface area contributed by atoms with Crippen molar-refractivity contribution in [2.24, 2.45) is 0 Å². The average Bonchev–Trinajstić information content (AvgIpc) is 1.66. The number of hydrogen-bond donors (Lipinski definition) is 1. The summed E-state index contributed by atoms with van der Waals surface area (Å²) in [7, 11) is 0.328. The number of aliphatic carboxylic acids is 1. The van der Waals surface area contributed by atoms with Gasteiger partial charge in [0.25, 0.3) is 0 Å². The smallest absolute Gasteiger partial charge is 0.303 e. The first kappa shape index (κ1) is 7.86. The van der Waals surface area contributed by atoms with E-state index in [1.165, 1.54) is 0 Å². The van der Waals surface area contributed by atoms with Crippen molar-refractivity contribution in [3.05, 3.63) is 0 Å². The van der Waals surface area contributed by atoms with Gasteiger partial charge in [-0.05, 0) is 6.04 Å². The molecule has 0 spiro atoms. The molecule has 5 heteroatoms. The van der Waals surface area contributed by atoms with E-state index in [2.05, 4.69) is 0 Å². The zero-order valence-corrected chi connectivity index (χ0v) is 8.30. The largest absolute Gasteiger partial charge is 0.481 e. The van der Waals surface area contributed by atoms with E-state index in [1.807, 2.05) is 0 Å². The van der Waals surface area contributed by atoms with Crippen LogP contribution in [0.25, 0.3) is 0 Å². The summed E-state index contributed by atoms with van der Waals surface area (Å²) in [4.78, 5) is 9.85. The van der Waals surface area contributed by atoms with Crippen LogP contribution >= 0.6 is 0 Å². The van der Waals surface area contributed by atoms with Gasteiger partial charge in [0, 0.05) is 6.42 Å². The first-order chi connectivity index (χ1) is 3.77. The molecule has 0 aromatic carbocycles. The Hall–Kier alpha value is -0.136. The van der Waals surface area contributed by atoms with Crippen molar-refractivity contribution in [3.8, 4) is 0 Å². The number of carbonyl (C=O) groups is 1. The second-order valence-electron chi connectivity index (χ2n) is 1.49. The Bertz CT molecular complexity index is 74.9. The van der Waals surface area contributed by atoms with Gasteiger partial charge in [-0.2, -0.15) is 0 Å². The lowest BCUT2D eigenvalue weighted by Gasteiger charge is -1.91. The molecule has 3 nitrogen and oxygen atoms in total. The van der Waals surface area contributed by atoms with Gasteiger partial charge in [-0.15, -0.1) is 0 Å². The molecule has 0 amide bonds. The van der Waals surface area contributed by atoms with Crippen molar-refractivity contribution in [1.29, 1.82) is 0 Å². The quantitative estimate of drug-likeness (QED) is 0.382. The third-order valence-electron chi connectivity index (χ3n) is 0.739. The lowest BCUT2D eigenvalue weighted by molar-refractivity contribution is -0.136. The van der Waals surface area contributed by atoms with Crippen LogP contribution in [0.1, 0.15) is 6.42 Å². The summed E-state index contributed by atoms with van der Waals surface area (Å²) < 4.78 is 4.91. The highest BCUT2D eigenvalue weighted by Crippen LogP contribution is 1.86. The molecule has 8 heavy (non-hydrogen) atoms. The summed E-state index contributed by atoms with van der Waals surface area (Å²) in [6, 6.07) is 0.777. The Kier molecular flexibility index (Phi) is 4.92. The zero-order valence-electron chi connectivity index (χ0n) is 4.89. The van der Waals surface area contributed by atoms with E-state index in [0.717, 1.165) is 16.5 Å².